The summed E-state index contributed by atoms with van der Waals surface area (Å²) in [6, 6.07) is 11.3. The van der Waals surface area contributed by atoms with Crippen molar-refractivity contribution in [2.24, 2.45) is 0 Å². The molecule has 0 saturated carbocycles. The minimum atomic E-state index is -2.38. The molecule has 1 atom stereocenters. The van der Waals surface area contributed by atoms with E-state index >= 15 is 0 Å². The average molecular weight is 332 g/mol. The number of hydrogen-bond acceptors (Lipinski definition) is 3. The van der Waals surface area contributed by atoms with Crippen LogP contribution in [0.3, 0.4) is 0 Å². The molecular weight excluding hydrogens is 316 g/mol. The number of benzene rings is 1. The fourth-order valence-corrected chi connectivity index (χ4v) is 2.53. The van der Waals surface area contributed by atoms with E-state index in [1.54, 1.807) is 12.1 Å². The highest BCUT2D eigenvalue weighted by atomic mass is 35.5. The second kappa shape index (κ2) is 7.82. The van der Waals surface area contributed by atoms with Gasteiger partial charge in [0.1, 0.15) is 11.5 Å². The lowest BCUT2D eigenvalue weighted by molar-refractivity contribution is 0.251. The topological polar surface area (TPSA) is 25.2 Å². The fourth-order valence-electron chi connectivity index (χ4n) is 1.89. The van der Waals surface area contributed by atoms with Crippen LogP contribution in [0.25, 0.3) is 0 Å². The molecule has 0 spiro atoms. The molecule has 0 radical (unpaired) electrons. The molecule has 0 fully saturated rings. The molecule has 0 aliphatic carbocycles. The molecule has 0 amide bonds. The van der Waals surface area contributed by atoms with Gasteiger partial charge in [-0.15, -0.1) is 0 Å². The Hall–Kier alpha value is -1.04. The molecule has 0 aliphatic rings. The molecule has 6 heteroatoms. The Morgan fingerprint density at radius 1 is 1.24 bits per heavy atom. The largest absolute Gasteiger partial charge is 0.464 e. The van der Waals surface area contributed by atoms with Gasteiger partial charge in [0.15, 0.2) is 0 Å². The van der Waals surface area contributed by atoms with Gasteiger partial charge in [0.25, 0.3) is 5.76 Å². The number of hydrogen-bond donors (Lipinski definition) is 1. The van der Waals surface area contributed by atoms with Gasteiger partial charge in [-0.1, -0.05) is 35.5 Å². The van der Waals surface area contributed by atoms with E-state index in [0.717, 1.165) is 11.3 Å². The molecule has 1 heterocycles. The first-order chi connectivity index (χ1) is 10.0. The standard InChI is InChI=1S/C15H16ClF2NOS/c1-10(11-3-2-4-12(16)7-11)19-8-13-5-6-14(20-13)9-21-15(17)18/h2-7,10,15,19H,8-9H2,1H3/t10-/m0/s1. The Morgan fingerprint density at radius 3 is 2.71 bits per heavy atom. The summed E-state index contributed by atoms with van der Waals surface area (Å²) in [6.07, 6.45) is 0. The molecule has 1 N–H and O–H groups in total. The van der Waals surface area contributed by atoms with E-state index in [4.69, 9.17) is 16.0 Å². The quantitative estimate of drug-likeness (QED) is 0.751. The molecule has 114 valence electrons. The van der Waals surface area contributed by atoms with Gasteiger partial charge in [0, 0.05) is 11.1 Å². The molecule has 2 rings (SSSR count). The fraction of sp³-hybridized carbons (Fsp3) is 0.333. The van der Waals surface area contributed by atoms with E-state index in [9.17, 15) is 8.78 Å². The van der Waals surface area contributed by atoms with Gasteiger partial charge in [-0.3, -0.25) is 0 Å². The van der Waals surface area contributed by atoms with Crippen LogP contribution in [0.2, 0.25) is 5.02 Å². The summed E-state index contributed by atoms with van der Waals surface area (Å²) in [5, 5.41) is 4.01. The minimum Gasteiger partial charge on any atom is -0.464 e. The summed E-state index contributed by atoms with van der Waals surface area (Å²) in [4.78, 5) is 0. The van der Waals surface area contributed by atoms with E-state index in [1.165, 1.54) is 0 Å². The van der Waals surface area contributed by atoms with Crippen LogP contribution in [0.5, 0.6) is 0 Å². The van der Waals surface area contributed by atoms with Crippen molar-refractivity contribution < 1.29 is 13.2 Å². The number of alkyl halides is 2. The van der Waals surface area contributed by atoms with Crippen LogP contribution in [0, 0.1) is 0 Å². The highest BCUT2D eigenvalue weighted by Gasteiger charge is 2.09. The molecule has 0 saturated heterocycles. The van der Waals surface area contributed by atoms with Crippen LogP contribution in [-0.2, 0) is 12.3 Å². The van der Waals surface area contributed by atoms with Crippen molar-refractivity contribution in [2.75, 3.05) is 0 Å². The van der Waals surface area contributed by atoms with Gasteiger partial charge < -0.3 is 9.73 Å². The molecule has 21 heavy (non-hydrogen) atoms. The predicted octanol–water partition coefficient (Wildman–Crippen LogP) is 5.24. The van der Waals surface area contributed by atoms with Crippen LogP contribution in [-0.4, -0.2) is 5.76 Å². The number of thioether (sulfide) groups is 1. The minimum absolute atomic E-state index is 0.118. The number of nitrogens with one attached hydrogen (secondary N) is 1. The third-order valence-corrected chi connectivity index (χ3v) is 3.94. The van der Waals surface area contributed by atoms with Crippen molar-refractivity contribution in [3.8, 4) is 0 Å². The smallest absolute Gasteiger partial charge is 0.284 e. The van der Waals surface area contributed by atoms with Crippen molar-refractivity contribution in [2.45, 2.75) is 31.0 Å². The Bertz CT molecular complexity index is 576. The van der Waals surface area contributed by atoms with Crippen LogP contribution < -0.4 is 5.32 Å². The summed E-state index contributed by atoms with van der Waals surface area (Å²) < 4.78 is 29.7. The van der Waals surface area contributed by atoms with Crippen molar-refractivity contribution in [1.29, 1.82) is 0 Å². The maximum Gasteiger partial charge on any atom is 0.284 e. The molecular formula is C15H16ClF2NOS. The lowest BCUT2D eigenvalue weighted by Gasteiger charge is -2.13. The molecule has 0 bridgehead atoms. The van der Waals surface area contributed by atoms with Gasteiger partial charge in [-0.25, -0.2) is 0 Å². The maximum absolute atomic E-state index is 12.1. The van der Waals surface area contributed by atoms with Crippen molar-refractivity contribution in [1.82, 2.24) is 5.32 Å². The monoisotopic (exact) mass is 331 g/mol. The summed E-state index contributed by atoms with van der Waals surface area (Å²) in [5.41, 5.74) is 1.09. The zero-order valence-corrected chi connectivity index (χ0v) is 13.1. The van der Waals surface area contributed by atoms with E-state index in [2.05, 4.69) is 5.32 Å². The molecule has 1 aromatic carbocycles. The molecule has 2 nitrogen and oxygen atoms in total. The van der Waals surface area contributed by atoms with Gasteiger partial charge >= 0.3 is 0 Å². The Balaban J connectivity index is 1.85. The van der Waals surface area contributed by atoms with Gasteiger partial charge in [0.2, 0.25) is 0 Å². The maximum atomic E-state index is 12.1. The van der Waals surface area contributed by atoms with Gasteiger partial charge in [0.05, 0.1) is 12.3 Å². The molecule has 0 unspecified atom stereocenters. The van der Waals surface area contributed by atoms with E-state index in [0.29, 0.717) is 29.1 Å². The van der Waals surface area contributed by atoms with E-state index in [1.807, 2.05) is 31.2 Å². The van der Waals surface area contributed by atoms with Gasteiger partial charge in [-0.2, -0.15) is 8.78 Å². The molecule has 2 aromatic rings. The number of furan rings is 1. The van der Waals surface area contributed by atoms with Crippen LogP contribution in [0.4, 0.5) is 8.78 Å². The molecule has 1 aromatic heterocycles. The zero-order chi connectivity index (χ0) is 15.2. The number of rotatable bonds is 7. The first-order valence-corrected chi connectivity index (χ1v) is 7.93. The van der Waals surface area contributed by atoms with Crippen molar-refractivity contribution >= 4 is 23.4 Å². The first kappa shape index (κ1) is 16.3. The summed E-state index contributed by atoms with van der Waals surface area (Å²) >= 11 is 6.52. The normalized spacial score (nSPS) is 12.8. The first-order valence-electron chi connectivity index (χ1n) is 6.51. The van der Waals surface area contributed by atoms with Crippen LogP contribution >= 0.6 is 23.4 Å². The van der Waals surface area contributed by atoms with Crippen LogP contribution in [0.1, 0.15) is 30.0 Å². The second-order valence-electron chi connectivity index (χ2n) is 4.60. The number of halogens is 3. The lowest BCUT2D eigenvalue weighted by Crippen LogP contribution is -2.17. The third kappa shape index (κ3) is 5.34. The SMILES string of the molecule is C[C@H](NCc1ccc(CSC(F)F)o1)c1cccc(Cl)c1. The summed E-state index contributed by atoms with van der Waals surface area (Å²) in [6.45, 7) is 2.56. The van der Waals surface area contributed by atoms with E-state index < -0.39 is 5.76 Å². The predicted molar refractivity (Wildman–Crippen MR) is 82.7 cm³/mol. The molecule has 0 aliphatic heterocycles. The summed E-state index contributed by atoms with van der Waals surface area (Å²) in [7, 11) is 0. The Morgan fingerprint density at radius 2 is 2.00 bits per heavy atom. The highest BCUT2D eigenvalue weighted by Crippen LogP contribution is 2.22. The van der Waals surface area contributed by atoms with Crippen molar-refractivity contribution in [3.63, 3.8) is 0 Å². The highest BCUT2D eigenvalue weighted by molar-refractivity contribution is 7.98. The Labute approximate surface area is 131 Å². The Kier molecular flexibility index (Phi) is 6.08. The third-order valence-electron chi connectivity index (χ3n) is 3.00. The van der Waals surface area contributed by atoms with Gasteiger partial charge in [-0.05, 0) is 36.8 Å². The van der Waals surface area contributed by atoms with Crippen molar-refractivity contribution in [3.05, 3.63) is 58.5 Å². The van der Waals surface area contributed by atoms with Crippen LogP contribution in [0.15, 0.2) is 40.8 Å². The lowest BCUT2D eigenvalue weighted by atomic mass is 10.1. The second-order valence-corrected chi connectivity index (χ2v) is 6.01. The summed E-state index contributed by atoms with van der Waals surface area (Å²) in [5.74, 6) is -0.901. The van der Waals surface area contributed by atoms with E-state index in [-0.39, 0.29) is 11.8 Å². The zero-order valence-electron chi connectivity index (χ0n) is 11.5. The average Bonchev–Trinajstić information content (AvgIpc) is 2.90.